The Hall–Kier alpha value is -3.12. The van der Waals surface area contributed by atoms with E-state index in [0.717, 1.165) is 29.7 Å². The van der Waals surface area contributed by atoms with Crippen molar-refractivity contribution in [1.82, 2.24) is 9.80 Å². The largest absolute Gasteiger partial charge is 0.491 e. The Labute approximate surface area is 231 Å². The number of benzene rings is 2. The second-order valence-corrected chi connectivity index (χ2v) is 11.8. The molecule has 0 bridgehead atoms. The lowest BCUT2D eigenvalue weighted by Crippen LogP contribution is -2.48. The molecule has 3 aromatic rings. The first kappa shape index (κ1) is 27.9. The average molecular weight is 533 g/mol. The zero-order valence-electron chi connectivity index (χ0n) is 23.3. The molecule has 0 unspecified atom stereocenters. The maximum atomic E-state index is 13.8. The monoisotopic (exact) mass is 532 g/mol. The second kappa shape index (κ2) is 12.6. The van der Waals surface area contributed by atoms with Crippen LogP contribution in [0.2, 0.25) is 0 Å². The molecule has 2 aromatic carbocycles. The highest BCUT2D eigenvalue weighted by Gasteiger charge is 2.34. The molecule has 0 saturated heterocycles. The maximum absolute atomic E-state index is 13.8. The Morgan fingerprint density at radius 3 is 2.42 bits per heavy atom. The van der Waals surface area contributed by atoms with E-state index in [2.05, 4.69) is 51.3 Å². The summed E-state index contributed by atoms with van der Waals surface area (Å²) in [6.45, 7) is 12.2. The summed E-state index contributed by atoms with van der Waals surface area (Å²) in [5, 5.41) is 2.10. The molecule has 1 aliphatic heterocycles. The number of fused-ring (bicyclic) bond motifs is 1. The first-order valence-corrected chi connectivity index (χ1v) is 14.6. The van der Waals surface area contributed by atoms with Gasteiger partial charge in [-0.1, -0.05) is 63.9 Å². The van der Waals surface area contributed by atoms with Crippen LogP contribution in [0.5, 0.6) is 5.75 Å². The van der Waals surface area contributed by atoms with Crippen molar-refractivity contribution in [1.29, 1.82) is 0 Å². The van der Waals surface area contributed by atoms with Gasteiger partial charge in [0.1, 0.15) is 18.9 Å². The van der Waals surface area contributed by atoms with Gasteiger partial charge in [0.2, 0.25) is 5.91 Å². The van der Waals surface area contributed by atoms with Gasteiger partial charge in [-0.2, -0.15) is 0 Å². The standard InChI is InChI=1S/C32H40N2O3S/c1-6-23(4)19-33(32(36)26-9-7-24(5)8-10-26)20-31(35)34-17-15-30-28(16-18-38-30)29(34)21-37-27-13-11-25(12-14-27)22(2)3/h7-14,16,18,22-23,29H,6,15,17,19-21H2,1-5H3/t23-,29-/m1/s1. The van der Waals surface area contributed by atoms with Crippen LogP contribution in [0.3, 0.4) is 0 Å². The molecular formula is C32H40N2O3S. The third-order valence-corrected chi connectivity index (χ3v) is 8.51. The van der Waals surface area contributed by atoms with Gasteiger partial charge in [-0.3, -0.25) is 9.59 Å². The summed E-state index contributed by atoms with van der Waals surface area (Å²) in [5.74, 6) is 1.44. The average Bonchev–Trinajstić information content (AvgIpc) is 3.40. The zero-order chi connectivity index (χ0) is 27.2. The van der Waals surface area contributed by atoms with Gasteiger partial charge >= 0.3 is 0 Å². The Bertz CT molecular complexity index is 1220. The lowest BCUT2D eigenvalue weighted by atomic mass is 10.00. The number of amides is 2. The fraction of sp³-hybridized carbons (Fsp3) is 0.438. The molecule has 0 saturated carbocycles. The van der Waals surface area contributed by atoms with Gasteiger partial charge in [0, 0.05) is 23.5 Å². The van der Waals surface area contributed by atoms with E-state index in [1.165, 1.54) is 10.4 Å². The number of rotatable bonds is 10. The zero-order valence-corrected chi connectivity index (χ0v) is 24.1. The molecule has 0 N–H and O–H groups in total. The third kappa shape index (κ3) is 6.65. The second-order valence-electron chi connectivity index (χ2n) is 10.8. The quantitative estimate of drug-likeness (QED) is 0.286. The minimum absolute atomic E-state index is 0.0330. The lowest BCUT2D eigenvalue weighted by molar-refractivity contribution is -0.135. The van der Waals surface area contributed by atoms with Crippen LogP contribution < -0.4 is 4.74 Å². The van der Waals surface area contributed by atoms with Crippen molar-refractivity contribution in [2.24, 2.45) is 5.92 Å². The predicted octanol–water partition coefficient (Wildman–Crippen LogP) is 6.87. The predicted molar refractivity (Wildman–Crippen MR) is 155 cm³/mol. The van der Waals surface area contributed by atoms with E-state index < -0.39 is 0 Å². The van der Waals surface area contributed by atoms with E-state index >= 15 is 0 Å². The molecule has 1 aliphatic rings. The van der Waals surface area contributed by atoms with Crippen LogP contribution in [0.15, 0.2) is 60.0 Å². The van der Waals surface area contributed by atoms with E-state index in [9.17, 15) is 9.59 Å². The molecule has 202 valence electrons. The summed E-state index contributed by atoms with van der Waals surface area (Å²) >= 11 is 1.74. The topological polar surface area (TPSA) is 49.9 Å². The lowest BCUT2D eigenvalue weighted by Gasteiger charge is -2.37. The van der Waals surface area contributed by atoms with Gasteiger partial charge < -0.3 is 14.5 Å². The molecule has 0 spiro atoms. The van der Waals surface area contributed by atoms with E-state index in [1.807, 2.05) is 48.2 Å². The number of hydrogen-bond donors (Lipinski definition) is 0. The maximum Gasteiger partial charge on any atom is 0.254 e. The van der Waals surface area contributed by atoms with Crippen molar-refractivity contribution in [3.05, 3.63) is 87.1 Å². The first-order valence-electron chi connectivity index (χ1n) is 13.7. The summed E-state index contributed by atoms with van der Waals surface area (Å²) in [7, 11) is 0. The van der Waals surface area contributed by atoms with Crippen LogP contribution in [0.4, 0.5) is 0 Å². The third-order valence-electron chi connectivity index (χ3n) is 7.51. The van der Waals surface area contributed by atoms with E-state index in [0.29, 0.717) is 37.1 Å². The van der Waals surface area contributed by atoms with Crippen molar-refractivity contribution in [2.75, 3.05) is 26.2 Å². The molecule has 0 radical (unpaired) electrons. The molecule has 2 heterocycles. The molecule has 5 nitrogen and oxygen atoms in total. The molecular weight excluding hydrogens is 492 g/mol. The molecule has 4 rings (SSSR count). The van der Waals surface area contributed by atoms with Crippen molar-refractivity contribution < 1.29 is 14.3 Å². The SMILES string of the molecule is CC[C@@H](C)CN(CC(=O)N1CCc2sccc2[C@H]1COc1ccc(C(C)C)cc1)C(=O)c1ccc(C)cc1. The molecule has 1 aromatic heterocycles. The number of ether oxygens (including phenoxy) is 1. The highest BCUT2D eigenvalue weighted by Crippen LogP contribution is 2.34. The van der Waals surface area contributed by atoms with E-state index in [4.69, 9.17) is 4.74 Å². The van der Waals surface area contributed by atoms with Crippen molar-refractivity contribution in [2.45, 2.75) is 59.4 Å². The first-order chi connectivity index (χ1) is 18.3. The number of thiophene rings is 1. The van der Waals surface area contributed by atoms with Gasteiger partial charge in [-0.15, -0.1) is 11.3 Å². The van der Waals surface area contributed by atoms with Crippen LogP contribution in [0.1, 0.15) is 78.0 Å². The molecule has 0 aliphatic carbocycles. The number of carbonyl (C=O) groups excluding carboxylic acids is 2. The molecule has 0 fully saturated rings. The summed E-state index contributed by atoms with van der Waals surface area (Å²) in [4.78, 5) is 32.3. The Kier molecular flexibility index (Phi) is 9.26. The summed E-state index contributed by atoms with van der Waals surface area (Å²) in [6.07, 6.45) is 1.77. The normalized spacial score (nSPS) is 15.7. The van der Waals surface area contributed by atoms with Crippen LogP contribution in [-0.2, 0) is 11.2 Å². The minimum atomic E-state index is -0.179. The van der Waals surface area contributed by atoms with Crippen molar-refractivity contribution >= 4 is 23.2 Å². The fourth-order valence-electron chi connectivity index (χ4n) is 4.86. The number of hydrogen-bond acceptors (Lipinski definition) is 4. The molecule has 2 atom stereocenters. The molecule has 6 heteroatoms. The van der Waals surface area contributed by atoms with Crippen LogP contribution in [0.25, 0.3) is 0 Å². The number of carbonyl (C=O) groups is 2. The number of nitrogens with zero attached hydrogens (tertiary/aromatic N) is 2. The van der Waals surface area contributed by atoms with Crippen LogP contribution >= 0.6 is 11.3 Å². The van der Waals surface area contributed by atoms with Gasteiger partial charge in [-0.25, -0.2) is 0 Å². The van der Waals surface area contributed by atoms with Crippen LogP contribution in [0, 0.1) is 12.8 Å². The minimum Gasteiger partial charge on any atom is -0.491 e. The van der Waals surface area contributed by atoms with Gasteiger partial charge in [0.25, 0.3) is 5.91 Å². The summed E-state index contributed by atoms with van der Waals surface area (Å²) < 4.78 is 6.23. The van der Waals surface area contributed by atoms with Crippen molar-refractivity contribution in [3.63, 3.8) is 0 Å². The summed E-state index contributed by atoms with van der Waals surface area (Å²) in [6, 6.07) is 17.7. The molecule has 2 amide bonds. The van der Waals surface area contributed by atoms with Gasteiger partial charge in [-0.05, 0) is 72.0 Å². The molecule has 38 heavy (non-hydrogen) atoms. The van der Waals surface area contributed by atoms with Crippen molar-refractivity contribution in [3.8, 4) is 5.75 Å². The number of aryl methyl sites for hydroxylation is 1. The fourth-order valence-corrected chi connectivity index (χ4v) is 5.78. The highest BCUT2D eigenvalue weighted by molar-refractivity contribution is 7.10. The van der Waals surface area contributed by atoms with E-state index in [-0.39, 0.29) is 24.4 Å². The summed E-state index contributed by atoms with van der Waals surface area (Å²) in [5.41, 5.74) is 4.15. The van der Waals surface area contributed by atoms with E-state index in [1.54, 1.807) is 16.2 Å². The Morgan fingerprint density at radius 2 is 1.76 bits per heavy atom. The van der Waals surface area contributed by atoms with Gasteiger partial charge in [0.05, 0.1) is 6.04 Å². The Morgan fingerprint density at radius 1 is 1.05 bits per heavy atom. The Balaban J connectivity index is 1.52. The smallest absolute Gasteiger partial charge is 0.254 e. The highest BCUT2D eigenvalue weighted by atomic mass is 32.1. The van der Waals surface area contributed by atoms with Crippen LogP contribution in [-0.4, -0.2) is 47.9 Å². The van der Waals surface area contributed by atoms with Gasteiger partial charge in [0.15, 0.2) is 0 Å².